The summed E-state index contributed by atoms with van der Waals surface area (Å²) < 4.78 is 5.67. The Morgan fingerprint density at radius 2 is 1.96 bits per heavy atom. The van der Waals surface area contributed by atoms with Crippen LogP contribution in [0.3, 0.4) is 0 Å². The second-order valence-corrected chi connectivity index (χ2v) is 7.38. The monoisotopic (exact) mass is 352 g/mol. The van der Waals surface area contributed by atoms with E-state index in [1.807, 2.05) is 32.0 Å². The van der Waals surface area contributed by atoms with Crippen LogP contribution in [0.1, 0.15) is 76.9 Å². The number of carbonyl (C=O) groups is 1. The minimum absolute atomic E-state index is 0.129. The van der Waals surface area contributed by atoms with Crippen molar-refractivity contribution in [3.05, 3.63) is 63.7 Å². The van der Waals surface area contributed by atoms with Crippen LogP contribution in [0.2, 0.25) is 0 Å². The number of aryl methyl sites for hydroxylation is 2. The molecule has 0 amide bonds. The van der Waals surface area contributed by atoms with E-state index in [1.165, 1.54) is 12.8 Å². The average Bonchev–Trinajstić information content (AvgIpc) is 2.60. The molecule has 26 heavy (non-hydrogen) atoms. The largest absolute Gasteiger partial charge is 0.507 e. The fourth-order valence-corrected chi connectivity index (χ4v) is 3.83. The number of carbonyl (C=O) groups excluding carboxylic acids is 1. The van der Waals surface area contributed by atoms with Gasteiger partial charge in [0.15, 0.2) is 0 Å². The van der Waals surface area contributed by atoms with Gasteiger partial charge in [-0.25, -0.2) is 4.79 Å². The lowest BCUT2D eigenvalue weighted by molar-refractivity contribution is 0.0248. The molecule has 0 spiro atoms. The molecule has 3 nitrogen and oxygen atoms in total. The maximum atomic E-state index is 12.6. The summed E-state index contributed by atoms with van der Waals surface area (Å²) in [5.41, 5.74) is 5.36. The van der Waals surface area contributed by atoms with Gasteiger partial charge in [0.1, 0.15) is 17.4 Å². The highest BCUT2D eigenvalue weighted by molar-refractivity contribution is 5.96. The fraction of sp³-hybridized carbons (Fsp3) is 0.435. The number of benzene rings is 2. The number of phenols is 1. The van der Waals surface area contributed by atoms with Gasteiger partial charge in [0.25, 0.3) is 0 Å². The highest BCUT2D eigenvalue weighted by atomic mass is 16.5. The number of fused-ring (bicyclic) bond motifs is 1. The number of cyclic esters (lactones) is 1. The fourth-order valence-electron chi connectivity index (χ4n) is 3.83. The molecule has 0 bridgehead atoms. The molecule has 3 rings (SSSR count). The van der Waals surface area contributed by atoms with E-state index in [1.54, 1.807) is 0 Å². The second-order valence-electron chi connectivity index (χ2n) is 7.38. The van der Waals surface area contributed by atoms with Crippen molar-refractivity contribution < 1.29 is 14.6 Å². The van der Waals surface area contributed by atoms with Crippen LogP contribution in [0.15, 0.2) is 30.3 Å². The highest BCUT2D eigenvalue weighted by Crippen LogP contribution is 2.38. The lowest BCUT2D eigenvalue weighted by Crippen LogP contribution is -2.23. The average molecular weight is 352 g/mol. The van der Waals surface area contributed by atoms with Crippen molar-refractivity contribution in [2.75, 3.05) is 0 Å². The molecule has 0 aliphatic carbocycles. The van der Waals surface area contributed by atoms with Gasteiger partial charge in [-0.05, 0) is 48.9 Å². The molecule has 0 aromatic heterocycles. The van der Waals surface area contributed by atoms with Crippen LogP contribution in [0, 0.1) is 13.8 Å². The summed E-state index contributed by atoms with van der Waals surface area (Å²) in [5, 5.41) is 10.7. The smallest absolute Gasteiger partial charge is 0.342 e. The first-order valence-corrected chi connectivity index (χ1v) is 9.63. The third kappa shape index (κ3) is 3.77. The molecule has 0 saturated heterocycles. The van der Waals surface area contributed by atoms with Crippen molar-refractivity contribution in [3.63, 3.8) is 0 Å². The summed E-state index contributed by atoms with van der Waals surface area (Å²) in [6, 6.07) is 10.1. The summed E-state index contributed by atoms with van der Waals surface area (Å²) >= 11 is 0. The number of hydrogen-bond donors (Lipinski definition) is 1. The van der Waals surface area contributed by atoms with Gasteiger partial charge in [0.05, 0.1) is 0 Å². The van der Waals surface area contributed by atoms with E-state index in [0.717, 1.165) is 47.1 Å². The van der Waals surface area contributed by atoms with Crippen LogP contribution in [-0.2, 0) is 17.6 Å². The molecule has 2 aromatic rings. The van der Waals surface area contributed by atoms with E-state index >= 15 is 0 Å². The highest BCUT2D eigenvalue weighted by Gasteiger charge is 2.31. The summed E-state index contributed by atoms with van der Waals surface area (Å²) in [4.78, 5) is 12.6. The zero-order valence-electron chi connectivity index (χ0n) is 16.0. The molecule has 1 N–H and O–H groups in total. The third-order valence-electron chi connectivity index (χ3n) is 5.26. The number of phenolic OH excluding ortho intramolecular Hbond substituents is 1. The van der Waals surface area contributed by atoms with Gasteiger partial charge >= 0.3 is 5.97 Å². The molecule has 2 aromatic carbocycles. The van der Waals surface area contributed by atoms with E-state index in [4.69, 9.17) is 4.74 Å². The van der Waals surface area contributed by atoms with Crippen molar-refractivity contribution in [2.45, 2.75) is 65.4 Å². The Kier molecular flexibility index (Phi) is 5.65. The third-order valence-corrected chi connectivity index (χ3v) is 5.26. The minimum Gasteiger partial charge on any atom is -0.507 e. The molecule has 1 aliphatic rings. The quantitative estimate of drug-likeness (QED) is 0.545. The Morgan fingerprint density at radius 3 is 2.69 bits per heavy atom. The normalized spacial score (nSPS) is 16.3. The van der Waals surface area contributed by atoms with Gasteiger partial charge in [-0.2, -0.15) is 0 Å². The Labute approximate surface area is 156 Å². The number of ether oxygens (including phenoxy) is 1. The van der Waals surface area contributed by atoms with Crippen LogP contribution in [-0.4, -0.2) is 11.1 Å². The van der Waals surface area contributed by atoms with Crippen LogP contribution in [0.4, 0.5) is 0 Å². The number of esters is 1. The Balaban J connectivity index is 1.87. The number of hydrogen-bond acceptors (Lipinski definition) is 3. The van der Waals surface area contributed by atoms with Crippen LogP contribution < -0.4 is 0 Å². The topological polar surface area (TPSA) is 46.5 Å². The molecule has 1 unspecified atom stereocenters. The van der Waals surface area contributed by atoms with E-state index in [-0.39, 0.29) is 11.9 Å². The predicted molar refractivity (Wildman–Crippen MR) is 104 cm³/mol. The summed E-state index contributed by atoms with van der Waals surface area (Å²) in [6.45, 7) is 6.24. The molecule has 3 heteroatoms. The van der Waals surface area contributed by atoms with E-state index in [0.29, 0.717) is 12.0 Å². The first-order chi connectivity index (χ1) is 12.5. The molecule has 0 radical (unpaired) electrons. The standard InChI is InChI=1S/C23H28O3/c1-4-5-6-7-11-19-16(3)13-18-14-20(17-10-8-9-15(2)12-17)26-23(25)21(18)22(19)24/h8-10,12-13,20,24H,4-7,11,14H2,1-3H3. The van der Waals surface area contributed by atoms with Gasteiger partial charge in [0.2, 0.25) is 0 Å². The lowest BCUT2D eigenvalue weighted by Gasteiger charge is -2.27. The van der Waals surface area contributed by atoms with Crippen LogP contribution >= 0.6 is 0 Å². The van der Waals surface area contributed by atoms with E-state index < -0.39 is 5.97 Å². The zero-order valence-corrected chi connectivity index (χ0v) is 16.0. The van der Waals surface area contributed by atoms with Gasteiger partial charge in [-0.3, -0.25) is 0 Å². The minimum atomic E-state index is -0.412. The molecule has 1 aliphatic heterocycles. The molecule has 0 fully saturated rings. The second kappa shape index (κ2) is 7.94. The predicted octanol–water partition coefficient (Wildman–Crippen LogP) is 5.59. The molecule has 138 valence electrons. The SMILES string of the molecule is CCCCCCc1c(C)cc2c(c1O)C(=O)OC(c1cccc(C)c1)C2. The van der Waals surface area contributed by atoms with Crippen molar-refractivity contribution in [1.82, 2.24) is 0 Å². The van der Waals surface area contributed by atoms with E-state index in [9.17, 15) is 9.90 Å². The van der Waals surface area contributed by atoms with Gasteiger partial charge in [-0.15, -0.1) is 0 Å². The Hall–Kier alpha value is -2.29. The summed E-state index contributed by atoms with van der Waals surface area (Å²) in [7, 11) is 0. The molecule has 0 saturated carbocycles. The summed E-state index contributed by atoms with van der Waals surface area (Å²) in [6.07, 6.45) is 5.68. The molecule has 1 heterocycles. The van der Waals surface area contributed by atoms with Crippen LogP contribution in [0.25, 0.3) is 0 Å². The van der Waals surface area contributed by atoms with Crippen molar-refractivity contribution in [1.29, 1.82) is 0 Å². The van der Waals surface area contributed by atoms with Gasteiger partial charge < -0.3 is 9.84 Å². The van der Waals surface area contributed by atoms with E-state index in [2.05, 4.69) is 19.1 Å². The first-order valence-electron chi connectivity index (χ1n) is 9.63. The zero-order chi connectivity index (χ0) is 18.7. The molecule has 1 atom stereocenters. The first kappa shape index (κ1) is 18.5. The lowest BCUT2D eigenvalue weighted by atomic mass is 9.88. The van der Waals surface area contributed by atoms with Gasteiger partial charge in [0, 0.05) is 6.42 Å². The molecular formula is C23H28O3. The number of rotatable bonds is 6. The Bertz CT molecular complexity index is 807. The Morgan fingerprint density at radius 1 is 1.15 bits per heavy atom. The maximum absolute atomic E-state index is 12.6. The number of unbranched alkanes of at least 4 members (excludes halogenated alkanes) is 3. The summed E-state index contributed by atoms with van der Waals surface area (Å²) in [5.74, 6) is -0.283. The van der Waals surface area contributed by atoms with Crippen molar-refractivity contribution >= 4 is 5.97 Å². The van der Waals surface area contributed by atoms with Gasteiger partial charge in [-0.1, -0.05) is 62.1 Å². The molecular weight excluding hydrogens is 324 g/mol. The van der Waals surface area contributed by atoms with Crippen molar-refractivity contribution in [3.8, 4) is 5.75 Å². The van der Waals surface area contributed by atoms with Crippen molar-refractivity contribution in [2.24, 2.45) is 0 Å². The number of aromatic hydroxyl groups is 1. The maximum Gasteiger partial charge on any atom is 0.342 e. The van der Waals surface area contributed by atoms with Crippen LogP contribution in [0.5, 0.6) is 5.75 Å².